The first-order chi connectivity index (χ1) is 10.7. The lowest BCUT2D eigenvalue weighted by atomic mass is 9.91. The van der Waals surface area contributed by atoms with E-state index in [1.165, 1.54) is 0 Å². The molecular weight excluding hydrogens is 294 g/mol. The van der Waals surface area contributed by atoms with E-state index in [1.807, 2.05) is 6.92 Å². The predicted octanol–water partition coefficient (Wildman–Crippen LogP) is 2.25. The summed E-state index contributed by atoms with van der Waals surface area (Å²) in [6.07, 6.45) is 1.55. The molecule has 2 amide bonds. The maximum atomic E-state index is 12.2. The van der Waals surface area contributed by atoms with Crippen molar-refractivity contribution in [3.8, 4) is 0 Å². The molecule has 0 radical (unpaired) electrons. The summed E-state index contributed by atoms with van der Waals surface area (Å²) in [5, 5.41) is 12.1. The van der Waals surface area contributed by atoms with E-state index in [2.05, 4.69) is 37.9 Å². The molecule has 1 saturated heterocycles. The number of piperidine rings is 1. The summed E-state index contributed by atoms with van der Waals surface area (Å²) in [7, 11) is 0. The zero-order valence-electron chi connectivity index (χ0n) is 15.2. The van der Waals surface area contributed by atoms with Gasteiger partial charge >= 0.3 is 12.0 Å². The summed E-state index contributed by atoms with van der Waals surface area (Å²) in [6, 6.07) is 0.846. The number of hydrogen-bond acceptors (Lipinski definition) is 3. The molecule has 0 aromatic rings. The van der Waals surface area contributed by atoms with E-state index in [1.54, 1.807) is 4.90 Å². The van der Waals surface area contributed by atoms with Crippen LogP contribution in [0.1, 0.15) is 47.5 Å². The summed E-state index contributed by atoms with van der Waals surface area (Å²) >= 11 is 0. The molecule has 1 heterocycles. The highest BCUT2D eigenvalue weighted by molar-refractivity contribution is 5.76. The van der Waals surface area contributed by atoms with Gasteiger partial charge in [-0.15, -0.1) is 0 Å². The number of carboxylic acids is 1. The van der Waals surface area contributed by atoms with Gasteiger partial charge in [0.05, 0.1) is 5.92 Å². The number of rotatable bonds is 7. The molecular formula is C17H33N3O3. The first-order valence-electron chi connectivity index (χ1n) is 8.73. The van der Waals surface area contributed by atoms with Gasteiger partial charge in [0.1, 0.15) is 0 Å². The lowest BCUT2D eigenvalue weighted by Crippen LogP contribution is -2.50. The molecule has 0 spiro atoms. The summed E-state index contributed by atoms with van der Waals surface area (Å²) in [5.41, 5.74) is 0. The molecule has 1 rings (SSSR count). The van der Waals surface area contributed by atoms with Crippen LogP contribution in [0.15, 0.2) is 0 Å². The highest BCUT2D eigenvalue weighted by Crippen LogP contribution is 2.21. The maximum absolute atomic E-state index is 12.2. The largest absolute Gasteiger partial charge is 0.481 e. The van der Waals surface area contributed by atoms with Crippen LogP contribution in [0.4, 0.5) is 4.79 Å². The van der Waals surface area contributed by atoms with E-state index in [-0.39, 0.29) is 11.9 Å². The van der Waals surface area contributed by atoms with Crippen molar-refractivity contribution in [1.29, 1.82) is 0 Å². The highest BCUT2D eigenvalue weighted by atomic mass is 16.4. The summed E-state index contributed by atoms with van der Waals surface area (Å²) in [6.45, 7) is 13.2. The van der Waals surface area contributed by atoms with Gasteiger partial charge < -0.3 is 15.3 Å². The number of likely N-dealkylation sites (tertiary alicyclic amines) is 1. The average Bonchev–Trinajstić information content (AvgIpc) is 2.45. The number of aliphatic carboxylic acids is 1. The molecule has 1 fully saturated rings. The third kappa shape index (κ3) is 6.37. The van der Waals surface area contributed by atoms with Gasteiger partial charge in [-0.05, 0) is 46.5 Å². The van der Waals surface area contributed by atoms with Crippen LogP contribution < -0.4 is 5.32 Å². The van der Waals surface area contributed by atoms with E-state index in [4.69, 9.17) is 0 Å². The number of hydrogen-bond donors (Lipinski definition) is 2. The molecule has 2 unspecified atom stereocenters. The molecule has 0 aromatic heterocycles. The third-order valence-corrected chi connectivity index (χ3v) is 4.49. The van der Waals surface area contributed by atoms with Crippen molar-refractivity contribution in [2.24, 2.45) is 11.8 Å². The number of nitrogens with zero attached hydrogens (tertiary/aromatic N) is 2. The third-order valence-electron chi connectivity index (χ3n) is 4.49. The maximum Gasteiger partial charge on any atom is 0.317 e. The second-order valence-electron chi connectivity index (χ2n) is 7.29. The van der Waals surface area contributed by atoms with Crippen molar-refractivity contribution >= 4 is 12.0 Å². The molecule has 0 aliphatic carbocycles. The van der Waals surface area contributed by atoms with Crippen LogP contribution in [0.5, 0.6) is 0 Å². The fraction of sp³-hybridized carbons (Fsp3) is 0.882. The fourth-order valence-electron chi connectivity index (χ4n) is 3.38. The molecule has 1 aliphatic heterocycles. The van der Waals surface area contributed by atoms with Crippen molar-refractivity contribution < 1.29 is 14.7 Å². The van der Waals surface area contributed by atoms with Gasteiger partial charge in [-0.1, -0.05) is 6.92 Å². The van der Waals surface area contributed by atoms with E-state index in [9.17, 15) is 14.7 Å². The van der Waals surface area contributed by atoms with E-state index in [0.29, 0.717) is 38.1 Å². The van der Waals surface area contributed by atoms with Crippen molar-refractivity contribution in [1.82, 2.24) is 15.1 Å². The van der Waals surface area contributed by atoms with Crippen LogP contribution in [-0.2, 0) is 4.79 Å². The van der Waals surface area contributed by atoms with Crippen molar-refractivity contribution in [2.75, 3.05) is 26.2 Å². The van der Waals surface area contributed by atoms with Gasteiger partial charge in [0.15, 0.2) is 0 Å². The van der Waals surface area contributed by atoms with Crippen LogP contribution in [0.3, 0.4) is 0 Å². The normalized spacial score (nSPS) is 22.0. The monoisotopic (exact) mass is 327 g/mol. The number of carboxylic acid groups (broad SMARTS) is 1. The minimum absolute atomic E-state index is 0.136. The smallest absolute Gasteiger partial charge is 0.317 e. The second-order valence-corrected chi connectivity index (χ2v) is 7.29. The lowest BCUT2D eigenvalue weighted by molar-refractivity contribution is -0.143. The van der Waals surface area contributed by atoms with Gasteiger partial charge in [-0.2, -0.15) is 0 Å². The molecule has 0 bridgehead atoms. The Hall–Kier alpha value is -1.30. The zero-order chi connectivity index (χ0) is 17.6. The first-order valence-corrected chi connectivity index (χ1v) is 8.73. The highest BCUT2D eigenvalue weighted by Gasteiger charge is 2.31. The number of carbonyl (C=O) groups excluding carboxylic acids is 1. The molecule has 23 heavy (non-hydrogen) atoms. The van der Waals surface area contributed by atoms with Gasteiger partial charge in [-0.25, -0.2) is 4.79 Å². The second kappa shape index (κ2) is 9.11. The minimum Gasteiger partial charge on any atom is -0.481 e. The van der Waals surface area contributed by atoms with Crippen LogP contribution in [0.25, 0.3) is 0 Å². The fourth-order valence-corrected chi connectivity index (χ4v) is 3.38. The topological polar surface area (TPSA) is 72.9 Å². The zero-order valence-corrected chi connectivity index (χ0v) is 15.2. The summed E-state index contributed by atoms with van der Waals surface area (Å²) in [5.74, 6) is -1.02. The Bertz CT molecular complexity index is 391. The van der Waals surface area contributed by atoms with E-state index < -0.39 is 11.9 Å². The van der Waals surface area contributed by atoms with Gasteiger partial charge in [-0.3, -0.25) is 9.69 Å². The average molecular weight is 327 g/mol. The molecule has 134 valence electrons. The first kappa shape index (κ1) is 19.7. The molecule has 2 atom stereocenters. The van der Waals surface area contributed by atoms with Crippen molar-refractivity contribution in [3.05, 3.63) is 0 Å². The Kier molecular flexibility index (Phi) is 7.82. The molecule has 0 saturated carbocycles. The van der Waals surface area contributed by atoms with E-state index in [0.717, 1.165) is 13.0 Å². The Balaban J connectivity index is 2.37. The van der Waals surface area contributed by atoms with Gasteiger partial charge in [0.2, 0.25) is 0 Å². The van der Waals surface area contributed by atoms with Crippen molar-refractivity contribution in [2.45, 2.75) is 59.5 Å². The summed E-state index contributed by atoms with van der Waals surface area (Å²) in [4.78, 5) is 27.4. The minimum atomic E-state index is -0.807. The molecule has 6 heteroatoms. The quantitative estimate of drug-likeness (QED) is 0.704. The Labute approximate surface area is 140 Å². The Morgan fingerprint density at radius 1 is 1.22 bits per heavy atom. The molecule has 0 aromatic carbocycles. The predicted molar refractivity (Wildman–Crippen MR) is 91.5 cm³/mol. The van der Waals surface area contributed by atoms with Crippen LogP contribution >= 0.6 is 0 Å². The van der Waals surface area contributed by atoms with Crippen LogP contribution in [0, 0.1) is 11.8 Å². The number of amides is 2. The Morgan fingerprint density at radius 3 is 2.35 bits per heavy atom. The number of carbonyl (C=O) groups is 2. The SMILES string of the molecule is CC1CC(C(=O)O)CN(C(=O)NCCCN(C(C)C)C(C)C)C1. The molecule has 1 aliphatic rings. The van der Waals surface area contributed by atoms with Crippen molar-refractivity contribution in [3.63, 3.8) is 0 Å². The van der Waals surface area contributed by atoms with Gasteiger partial charge in [0.25, 0.3) is 0 Å². The molecule has 6 nitrogen and oxygen atoms in total. The number of urea groups is 1. The van der Waals surface area contributed by atoms with Gasteiger partial charge in [0, 0.05) is 38.3 Å². The molecule has 2 N–H and O–H groups in total. The van der Waals surface area contributed by atoms with Crippen LogP contribution in [-0.4, -0.2) is 65.2 Å². The van der Waals surface area contributed by atoms with E-state index >= 15 is 0 Å². The van der Waals surface area contributed by atoms with Crippen LogP contribution in [0.2, 0.25) is 0 Å². The number of nitrogens with one attached hydrogen (secondary N) is 1. The summed E-state index contributed by atoms with van der Waals surface area (Å²) < 4.78 is 0. The lowest BCUT2D eigenvalue weighted by Gasteiger charge is -2.35. The standard InChI is InChI=1S/C17H33N3O3/c1-12(2)20(13(3)4)8-6-7-18-17(23)19-10-14(5)9-15(11-19)16(21)22/h12-15H,6-11H2,1-5H3,(H,18,23)(H,21,22). The Morgan fingerprint density at radius 2 is 1.83 bits per heavy atom.